The Morgan fingerprint density at radius 3 is 3.00 bits per heavy atom. The minimum absolute atomic E-state index is 0.912. The first-order chi connectivity index (χ1) is 7.93. The van der Waals surface area contributed by atoms with Crippen LogP contribution < -0.4 is 5.32 Å². The van der Waals surface area contributed by atoms with Gasteiger partial charge in [0.05, 0.1) is 5.52 Å². The van der Waals surface area contributed by atoms with Crippen LogP contribution in [0.3, 0.4) is 0 Å². The van der Waals surface area contributed by atoms with Crippen LogP contribution in [-0.4, -0.2) is 23.9 Å². The van der Waals surface area contributed by atoms with Crippen molar-refractivity contribution in [2.24, 2.45) is 4.99 Å². The second kappa shape index (κ2) is 3.93. The number of pyridine rings is 1. The van der Waals surface area contributed by atoms with Crippen molar-refractivity contribution in [2.75, 3.05) is 13.1 Å². The Morgan fingerprint density at radius 1 is 1.19 bits per heavy atom. The van der Waals surface area contributed by atoms with Gasteiger partial charge in [0.1, 0.15) is 5.84 Å². The van der Waals surface area contributed by atoms with E-state index in [-0.39, 0.29) is 0 Å². The summed E-state index contributed by atoms with van der Waals surface area (Å²) in [5, 5.41) is 4.47. The van der Waals surface area contributed by atoms with Crippen molar-refractivity contribution in [3.8, 4) is 0 Å². The third-order valence-corrected chi connectivity index (χ3v) is 2.76. The molecule has 1 aliphatic heterocycles. The summed E-state index contributed by atoms with van der Waals surface area (Å²) in [4.78, 5) is 8.91. The number of amidine groups is 1. The molecule has 0 saturated heterocycles. The molecule has 0 bridgehead atoms. The van der Waals surface area contributed by atoms with Crippen LogP contribution >= 0.6 is 0 Å². The highest BCUT2D eigenvalue weighted by Crippen LogP contribution is 2.13. The van der Waals surface area contributed by atoms with Gasteiger partial charge >= 0.3 is 0 Å². The molecule has 3 rings (SSSR count). The van der Waals surface area contributed by atoms with E-state index in [1.165, 1.54) is 0 Å². The van der Waals surface area contributed by atoms with Gasteiger partial charge in [0.2, 0.25) is 0 Å². The number of rotatable bonds is 1. The first-order valence-electron chi connectivity index (χ1n) is 5.57. The lowest BCUT2D eigenvalue weighted by Gasteiger charge is -2.14. The molecule has 1 aromatic carbocycles. The summed E-state index contributed by atoms with van der Waals surface area (Å²) < 4.78 is 0. The Kier molecular flexibility index (Phi) is 2.29. The molecule has 2 aromatic rings. The predicted molar refractivity (Wildman–Crippen MR) is 65.8 cm³/mol. The van der Waals surface area contributed by atoms with Gasteiger partial charge in [-0.2, -0.15) is 0 Å². The summed E-state index contributed by atoms with van der Waals surface area (Å²) in [7, 11) is 0. The van der Waals surface area contributed by atoms with E-state index in [4.69, 9.17) is 0 Å². The van der Waals surface area contributed by atoms with Gasteiger partial charge in [-0.1, -0.05) is 18.2 Å². The van der Waals surface area contributed by atoms with Crippen LogP contribution in [0.25, 0.3) is 10.9 Å². The molecule has 0 saturated carbocycles. The van der Waals surface area contributed by atoms with Crippen LogP contribution in [0.4, 0.5) is 0 Å². The molecule has 0 unspecified atom stereocenters. The van der Waals surface area contributed by atoms with Crippen molar-refractivity contribution in [2.45, 2.75) is 6.42 Å². The molecule has 0 aliphatic carbocycles. The number of benzene rings is 1. The van der Waals surface area contributed by atoms with Crippen molar-refractivity contribution in [3.05, 3.63) is 42.1 Å². The molecule has 0 fully saturated rings. The summed E-state index contributed by atoms with van der Waals surface area (Å²) in [6, 6.07) is 10.3. The lowest BCUT2D eigenvalue weighted by atomic mass is 10.1. The summed E-state index contributed by atoms with van der Waals surface area (Å²) >= 11 is 0. The quantitative estimate of drug-likeness (QED) is 0.783. The predicted octanol–water partition coefficient (Wildman–Crippen LogP) is 1.97. The van der Waals surface area contributed by atoms with Gasteiger partial charge in [-0.05, 0) is 18.6 Å². The largest absolute Gasteiger partial charge is 0.370 e. The summed E-state index contributed by atoms with van der Waals surface area (Å²) in [5.74, 6) is 0.976. The molecule has 80 valence electrons. The molecule has 3 heteroatoms. The van der Waals surface area contributed by atoms with E-state index in [1.807, 2.05) is 24.4 Å². The fourth-order valence-corrected chi connectivity index (χ4v) is 1.93. The van der Waals surface area contributed by atoms with Crippen LogP contribution in [0.15, 0.2) is 41.5 Å². The van der Waals surface area contributed by atoms with E-state index in [0.717, 1.165) is 41.8 Å². The third-order valence-electron chi connectivity index (χ3n) is 2.76. The molecule has 0 radical (unpaired) electrons. The van der Waals surface area contributed by atoms with Crippen molar-refractivity contribution >= 4 is 16.7 Å². The van der Waals surface area contributed by atoms with Gasteiger partial charge < -0.3 is 5.32 Å². The summed E-state index contributed by atoms with van der Waals surface area (Å²) in [5.41, 5.74) is 2.11. The normalized spacial score (nSPS) is 15.6. The van der Waals surface area contributed by atoms with Crippen LogP contribution in [0.5, 0.6) is 0 Å². The first-order valence-corrected chi connectivity index (χ1v) is 5.57. The van der Waals surface area contributed by atoms with E-state index in [9.17, 15) is 0 Å². The third kappa shape index (κ3) is 1.65. The van der Waals surface area contributed by atoms with E-state index in [1.54, 1.807) is 0 Å². The van der Waals surface area contributed by atoms with Crippen molar-refractivity contribution in [3.63, 3.8) is 0 Å². The van der Waals surface area contributed by atoms with E-state index < -0.39 is 0 Å². The lowest BCUT2D eigenvalue weighted by molar-refractivity contribution is 0.742. The molecule has 0 amide bonds. The van der Waals surface area contributed by atoms with E-state index in [2.05, 4.69) is 27.4 Å². The number of para-hydroxylation sites is 1. The molecule has 1 aliphatic rings. The standard InChI is InChI=1S/C13H13N3/c1-2-5-12-10(4-1)8-11(9-16-12)13-14-6-3-7-15-13/h1-2,4-5,8-9H,3,6-7H2,(H,14,15). The summed E-state index contributed by atoms with van der Waals surface area (Å²) in [6.45, 7) is 1.92. The molecule has 1 aromatic heterocycles. The highest BCUT2D eigenvalue weighted by molar-refractivity contribution is 6.01. The number of nitrogens with zero attached hydrogens (tertiary/aromatic N) is 2. The van der Waals surface area contributed by atoms with Crippen LogP contribution in [0.1, 0.15) is 12.0 Å². The molecule has 3 nitrogen and oxygen atoms in total. The number of fused-ring (bicyclic) bond motifs is 1. The Hall–Kier alpha value is -1.90. The fraction of sp³-hybridized carbons (Fsp3) is 0.231. The number of hydrogen-bond donors (Lipinski definition) is 1. The zero-order chi connectivity index (χ0) is 10.8. The fourth-order valence-electron chi connectivity index (χ4n) is 1.93. The first kappa shape index (κ1) is 9.33. The molecule has 16 heavy (non-hydrogen) atoms. The number of aliphatic imine (C=N–C) groups is 1. The van der Waals surface area contributed by atoms with Crippen LogP contribution in [-0.2, 0) is 0 Å². The smallest absolute Gasteiger partial charge is 0.129 e. The molecular formula is C13H13N3. The van der Waals surface area contributed by atoms with E-state index in [0.29, 0.717) is 0 Å². The second-order valence-electron chi connectivity index (χ2n) is 3.93. The maximum absolute atomic E-state index is 4.47. The minimum atomic E-state index is 0.912. The minimum Gasteiger partial charge on any atom is -0.370 e. The van der Waals surface area contributed by atoms with Gasteiger partial charge in [0, 0.05) is 30.2 Å². The monoisotopic (exact) mass is 211 g/mol. The molecule has 1 N–H and O–H groups in total. The second-order valence-corrected chi connectivity index (χ2v) is 3.93. The average molecular weight is 211 g/mol. The molecule has 2 heterocycles. The van der Waals surface area contributed by atoms with Crippen molar-refractivity contribution in [1.29, 1.82) is 0 Å². The Balaban J connectivity index is 2.07. The van der Waals surface area contributed by atoms with Gasteiger partial charge in [0.15, 0.2) is 0 Å². The number of hydrogen-bond acceptors (Lipinski definition) is 3. The highest BCUT2D eigenvalue weighted by atomic mass is 15.0. The number of aromatic nitrogens is 1. The maximum Gasteiger partial charge on any atom is 0.129 e. The molecule has 0 atom stereocenters. The Morgan fingerprint density at radius 2 is 2.12 bits per heavy atom. The van der Waals surface area contributed by atoms with Gasteiger partial charge in [0.25, 0.3) is 0 Å². The topological polar surface area (TPSA) is 37.3 Å². The lowest BCUT2D eigenvalue weighted by Crippen LogP contribution is -2.30. The average Bonchev–Trinajstić information content (AvgIpc) is 2.39. The van der Waals surface area contributed by atoms with Crippen molar-refractivity contribution < 1.29 is 0 Å². The van der Waals surface area contributed by atoms with E-state index >= 15 is 0 Å². The molecular weight excluding hydrogens is 198 g/mol. The Labute approximate surface area is 94.2 Å². The zero-order valence-corrected chi connectivity index (χ0v) is 8.98. The van der Waals surface area contributed by atoms with Gasteiger partial charge in [-0.15, -0.1) is 0 Å². The SMILES string of the molecule is c1ccc2ncc(C3=NCCCN3)cc2c1. The Bertz CT molecular complexity index is 546. The van der Waals surface area contributed by atoms with Crippen LogP contribution in [0, 0.1) is 0 Å². The van der Waals surface area contributed by atoms with Crippen molar-refractivity contribution in [1.82, 2.24) is 10.3 Å². The zero-order valence-electron chi connectivity index (χ0n) is 8.98. The summed E-state index contributed by atoms with van der Waals surface area (Å²) in [6.07, 6.45) is 3.00. The highest BCUT2D eigenvalue weighted by Gasteiger charge is 2.07. The maximum atomic E-state index is 4.47. The van der Waals surface area contributed by atoms with Gasteiger partial charge in [-0.25, -0.2) is 0 Å². The number of nitrogens with one attached hydrogen (secondary N) is 1. The molecule has 0 spiro atoms. The van der Waals surface area contributed by atoms with Gasteiger partial charge in [-0.3, -0.25) is 9.98 Å². The van der Waals surface area contributed by atoms with Crippen LogP contribution in [0.2, 0.25) is 0 Å².